The predicted molar refractivity (Wildman–Crippen MR) is 82.2 cm³/mol. The van der Waals surface area contributed by atoms with E-state index in [0.717, 1.165) is 11.8 Å². The number of aliphatic carboxylic acids is 1. The minimum atomic E-state index is -1.04. The lowest BCUT2D eigenvalue weighted by Crippen LogP contribution is -2.27. The molecule has 8 heteroatoms. The lowest BCUT2D eigenvalue weighted by molar-refractivity contribution is -0.138. The quantitative estimate of drug-likeness (QED) is 0.495. The highest BCUT2D eigenvalue weighted by Crippen LogP contribution is 2.32. The number of aromatic nitrogens is 2. The fourth-order valence-electron chi connectivity index (χ4n) is 1.17. The zero-order valence-corrected chi connectivity index (χ0v) is 12.6. The van der Waals surface area contributed by atoms with E-state index < -0.39 is 16.8 Å². The molecule has 0 radical (unpaired) electrons. The smallest absolute Gasteiger partial charge is 0.319 e. The number of thioether (sulfide) groups is 1. The van der Waals surface area contributed by atoms with E-state index in [4.69, 9.17) is 0 Å². The molecule has 0 saturated heterocycles. The van der Waals surface area contributed by atoms with Gasteiger partial charge in [-0.05, 0) is 19.9 Å². The molecule has 112 valence electrons. The zero-order chi connectivity index (χ0) is 15.9. The number of carbonyl (C=O) groups is 1. The van der Waals surface area contributed by atoms with Crippen molar-refractivity contribution in [1.82, 2.24) is 9.97 Å². The lowest BCUT2D eigenvalue weighted by atomic mass is 10.2. The largest absolute Gasteiger partial charge is 0.480 e. The number of carboxylic acid groups (broad SMARTS) is 1. The summed E-state index contributed by atoms with van der Waals surface area (Å²) in [5.41, 5.74) is 0.542. The van der Waals surface area contributed by atoms with Gasteiger partial charge >= 0.3 is 12.0 Å². The fraction of sp³-hybridized carbons (Fsp3) is 0.308. The molecule has 0 fully saturated rings. The Labute approximate surface area is 126 Å². The monoisotopic (exact) mass is 310 g/mol. The number of halogens is 1. The van der Waals surface area contributed by atoms with Gasteiger partial charge in [0.05, 0.1) is 0 Å². The molecule has 0 spiro atoms. The predicted octanol–water partition coefficient (Wildman–Crippen LogP) is 2.28. The summed E-state index contributed by atoms with van der Waals surface area (Å²) in [6, 6.07) is 0. The number of hydrogen-bond donors (Lipinski definition) is 1. The molecule has 0 aliphatic heterocycles. The van der Waals surface area contributed by atoms with Crippen LogP contribution in [0.3, 0.4) is 0 Å². The molecule has 1 heterocycles. The molecule has 21 heavy (non-hydrogen) atoms. The second kappa shape index (κ2) is 7.63. The third-order valence-corrected chi connectivity index (χ3v) is 3.37. The number of hydrogen-bond acceptors (Lipinski definition) is 5. The number of carboxylic acids is 1. The molecule has 1 aromatic heterocycles. The maximum absolute atomic E-state index is 12.7. The Hall–Kier alpha value is -2.09. The summed E-state index contributed by atoms with van der Waals surface area (Å²) in [7, 11) is 1.57. The molecule has 1 aromatic rings. The topological polar surface area (TPSA) is 87.8 Å². The van der Waals surface area contributed by atoms with E-state index in [2.05, 4.69) is 20.0 Å². The average Bonchev–Trinajstić information content (AvgIpc) is 2.41. The Balaban J connectivity index is 3.07. The highest BCUT2D eigenvalue weighted by atomic mass is 32.2. The van der Waals surface area contributed by atoms with Crippen molar-refractivity contribution in [2.75, 3.05) is 7.05 Å². The van der Waals surface area contributed by atoms with Gasteiger partial charge in [-0.1, -0.05) is 0 Å². The molecular weight excluding hydrogens is 295 g/mol. The van der Waals surface area contributed by atoms with Gasteiger partial charge in [0.25, 0.3) is 0 Å². The van der Waals surface area contributed by atoms with E-state index >= 15 is 0 Å². The van der Waals surface area contributed by atoms with Crippen molar-refractivity contribution in [3.8, 4) is 0 Å². The zero-order valence-electron chi connectivity index (χ0n) is 11.8. The number of aliphatic imine (C=N–C) groups is 2. The van der Waals surface area contributed by atoms with Gasteiger partial charge in [-0.2, -0.15) is 4.39 Å². The summed E-state index contributed by atoms with van der Waals surface area (Å²) < 4.78 is 11.6. The average molecular weight is 310 g/mol. The first-order valence-corrected chi connectivity index (χ1v) is 6.72. The van der Waals surface area contributed by atoms with Crippen LogP contribution in [0.2, 0.25) is 0 Å². The van der Waals surface area contributed by atoms with Crippen molar-refractivity contribution in [2.45, 2.75) is 18.6 Å². The van der Waals surface area contributed by atoms with Crippen LogP contribution in [0, 0.1) is 6.08 Å². The Morgan fingerprint density at radius 1 is 1.43 bits per heavy atom. The standard InChI is InChI=1S/C13H15FN4O2S/c1-13(2,11(19)20)21-10(7-16-8-15-3)4-9-5-17-12(14)18-6-9/h4-8H,1-3H3,(H,19,20)/b10-4-,15-8-,16-7-. The molecule has 0 atom stereocenters. The lowest BCUT2D eigenvalue weighted by Gasteiger charge is -2.18. The summed E-state index contributed by atoms with van der Waals surface area (Å²) in [4.78, 5) is 26.3. The van der Waals surface area contributed by atoms with Crippen LogP contribution in [-0.4, -0.2) is 45.4 Å². The second-order valence-corrected chi connectivity index (χ2v) is 6.10. The van der Waals surface area contributed by atoms with Crippen molar-refractivity contribution in [3.63, 3.8) is 0 Å². The van der Waals surface area contributed by atoms with Crippen LogP contribution in [0.5, 0.6) is 0 Å². The van der Waals surface area contributed by atoms with Crippen molar-refractivity contribution in [1.29, 1.82) is 0 Å². The minimum Gasteiger partial charge on any atom is -0.480 e. The van der Waals surface area contributed by atoms with Crippen LogP contribution in [0.25, 0.3) is 6.08 Å². The maximum Gasteiger partial charge on any atom is 0.319 e. The van der Waals surface area contributed by atoms with Gasteiger partial charge in [-0.15, -0.1) is 11.8 Å². The number of nitrogens with zero attached hydrogens (tertiary/aromatic N) is 4. The van der Waals surface area contributed by atoms with Gasteiger partial charge in [-0.25, -0.2) is 15.0 Å². The Morgan fingerprint density at radius 2 is 2.05 bits per heavy atom. The first-order valence-electron chi connectivity index (χ1n) is 5.90. The Bertz CT molecular complexity index is 582. The molecule has 0 bridgehead atoms. The Kier molecular flexibility index (Phi) is 6.16. The molecule has 6 nitrogen and oxygen atoms in total. The molecule has 0 aromatic carbocycles. The molecule has 0 aliphatic rings. The first kappa shape index (κ1) is 17.0. The van der Waals surface area contributed by atoms with Gasteiger partial charge < -0.3 is 5.11 Å². The van der Waals surface area contributed by atoms with Crippen LogP contribution < -0.4 is 0 Å². The summed E-state index contributed by atoms with van der Waals surface area (Å²) in [5, 5.41) is 9.17. The van der Waals surface area contributed by atoms with Crippen LogP contribution in [0.15, 0.2) is 27.3 Å². The van der Waals surface area contributed by atoms with Crippen LogP contribution in [0.1, 0.15) is 19.4 Å². The molecule has 0 saturated carbocycles. The van der Waals surface area contributed by atoms with Crippen LogP contribution in [-0.2, 0) is 4.79 Å². The van der Waals surface area contributed by atoms with Crippen molar-refractivity contribution >= 4 is 36.4 Å². The molecule has 0 unspecified atom stereocenters. The number of rotatable bonds is 6. The second-order valence-electron chi connectivity index (χ2n) is 4.40. The van der Waals surface area contributed by atoms with Gasteiger partial charge in [-0.3, -0.25) is 9.79 Å². The SMILES string of the molecule is C\N=C/N=C\C(=C\c1cnc(F)nc1)SC(C)(C)C(=O)O. The Morgan fingerprint density at radius 3 is 2.57 bits per heavy atom. The molecule has 0 amide bonds. The third kappa shape index (κ3) is 5.82. The number of allylic oxidation sites excluding steroid dienone is 1. The normalized spacial score (nSPS) is 13.2. The van der Waals surface area contributed by atoms with Gasteiger partial charge in [0.1, 0.15) is 11.1 Å². The highest BCUT2D eigenvalue weighted by molar-refractivity contribution is 8.06. The van der Waals surface area contributed by atoms with E-state index in [1.165, 1.54) is 24.9 Å². The fourth-order valence-corrected chi connectivity index (χ4v) is 2.15. The van der Waals surface area contributed by atoms with Gasteiger partial charge in [0.2, 0.25) is 0 Å². The van der Waals surface area contributed by atoms with Crippen molar-refractivity contribution in [2.24, 2.45) is 9.98 Å². The van der Waals surface area contributed by atoms with Gasteiger partial charge in [0, 0.05) is 36.1 Å². The van der Waals surface area contributed by atoms with E-state index in [1.54, 1.807) is 27.0 Å². The summed E-state index contributed by atoms with van der Waals surface area (Å²) in [6.45, 7) is 3.16. The summed E-state index contributed by atoms with van der Waals surface area (Å²) in [5.74, 6) is -0.952. The van der Waals surface area contributed by atoms with Crippen LogP contribution in [0.4, 0.5) is 4.39 Å². The van der Waals surface area contributed by atoms with Crippen molar-refractivity contribution in [3.05, 3.63) is 28.9 Å². The maximum atomic E-state index is 12.7. The molecule has 1 rings (SSSR count). The summed E-state index contributed by atoms with van der Waals surface area (Å²) in [6.07, 6.45) is 6.23. The molecular formula is C13H15FN4O2S. The van der Waals surface area contributed by atoms with E-state index in [1.807, 2.05) is 0 Å². The minimum absolute atomic E-state index is 0.542. The van der Waals surface area contributed by atoms with Gasteiger partial charge in [0.15, 0.2) is 0 Å². The highest BCUT2D eigenvalue weighted by Gasteiger charge is 2.28. The first-order chi connectivity index (χ1) is 9.85. The van der Waals surface area contributed by atoms with E-state index in [0.29, 0.717) is 10.5 Å². The summed E-state index contributed by atoms with van der Waals surface area (Å²) >= 11 is 1.11. The van der Waals surface area contributed by atoms with Crippen molar-refractivity contribution < 1.29 is 14.3 Å². The third-order valence-electron chi connectivity index (χ3n) is 2.22. The van der Waals surface area contributed by atoms with Crippen LogP contribution >= 0.6 is 11.8 Å². The van der Waals surface area contributed by atoms with E-state index in [9.17, 15) is 14.3 Å². The molecule has 0 aliphatic carbocycles. The molecule has 1 N–H and O–H groups in total. The van der Waals surface area contributed by atoms with E-state index in [-0.39, 0.29) is 0 Å².